The van der Waals surface area contributed by atoms with E-state index < -0.39 is 0 Å². The minimum atomic E-state index is -0.0833. The summed E-state index contributed by atoms with van der Waals surface area (Å²) in [7, 11) is 0. The van der Waals surface area contributed by atoms with Crippen molar-refractivity contribution < 1.29 is 35.5 Å². The second-order valence-corrected chi connectivity index (χ2v) is 0. The van der Waals surface area contributed by atoms with E-state index in [4.69, 9.17) is 1.70 Å². The molecule has 0 heterocycles. The molecule has 0 bridgehead atoms. The van der Waals surface area contributed by atoms with Crippen LogP contribution in [0.5, 0.6) is 0 Å². The third-order valence-electron chi connectivity index (χ3n) is 0. The standard InChI is InChI=1S/Al.La.Mg.O.5H. The van der Waals surface area contributed by atoms with Crippen LogP contribution in [0.3, 0.4) is 0 Å². The van der Waals surface area contributed by atoms with Crippen LogP contribution >= 0.6 is 0 Å². The van der Waals surface area contributed by atoms with Gasteiger partial charge >= 0.3 is 58.6 Å². The molecule has 0 saturated heterocycles. The van der Waals surface area contributed by atoms with Crippen LogP contribution in [0.1, 0.15) is 0 Å². The van der Waals surface area contributed by atoms with Crippen molar-refractivity contribution >= 4 is 40.4 Å². The number of hydrogen-bond acceptors (Lipinski definition) is 1. The molecule has 0 spiro atoms. The van der Waals surface area contributed by atoms with Gasteiger partial charge < -0.3 is 0 Å². The first-order valence-electron chi connectivity index (χ1n) is 0.236. The summed E-state index contributed by atoms with van der Waals surface area (Å²) in [5, 5.41) is 0. The van der Waals surface area contributed by atoms with Crippen molar-refractivity contribution in [1.29, 1.82) is 0 Å². The van der Waals surface area contributed by atoms with Gasteiger partial charge in [0, 0.05) is 0 Å². The topological polar surface area (TPSA) is 17.1 Å². The Kier molecular flexibility index (Phi) is 75.4. The van der Waals surface area contributed by atoms with E-state index in [1.165, 1.54) is 0 Å². The molecule has 0 fully saturated rings. The molecule has 0 aliphatic rings. The molecule has 0 N–H and O–H groups in total. The van der Waals surface area contributed by atoms with Gasteiger partial charge in [-0.05, 0) is 0 Å². The Morgan fingerprint density at radius 1 is 1.25 bits per heavy atom. The molecule has 0 rings (SSSR count). The van der Waals surface area contributed by atoms with Crippen LogP contribution in [0.25, 0.3) is 0 Å². The van der Waals surface area contributed by atoms with E-state index in [-0.39, 0.29) is 74.2 Å². The second-order valence-electron chi connectivity index (χ2n) is 0. The predicted molar refractivity (Wildman–Crippen MR) is 19.2 cm³/mol. The van der Waals surface area contributed by atoms with Crippen LogP contribution in [0.4, 0.5) is 0 Å². The molecule has 0 aliphatic heterocycles. The van der Waals surface area contributed by atoms with Crippen molar-refractivity contribution in [2.24, 2.45) is 0 Å². The van der Waals surface area contributed by atoms with Crippen LogP contribution in [0.2, 0.25) is 0 Å². The van der Waals surface area contributed by atoms with Crippen molar-refractivity contribution in [3.05, 3.63) is 0 Å². The maximum absolute atomic E-state index is 8.42. The quantitative estimate of drug-likeness (QED) is 0.415. The monoisotopic (exact) mass is 211 g/mol. The SMILES string of the molecule is [AlH3].[MgH2].[O]=[La]. The average Bonchev–Trinajstić information content (AvgIpc) is 1.00. The fourth-order valence-electron chi connectivity index (χ4n) is 0. The van der Waals surface area contributed by atoms with Crippen molar-refractivity contribution in [2.75, 3.05) is 0 Å². The molecule has 4 heavy (non-hydrogen) atoms. The predicted octanol–water partition coefficient (Wildman–Crippen LogP) is -2.22. The normalized spacial score (nSPS) is 1.50. The Morgan fingerprint density at radius 2 is 1.25 bits per heavy atom. The summed E-state index contributed by atoms with van der Waals surface area (Å²) < 4.78 is 8.42. The van der Waals surface area contributed by atoms with Crippen molar-refractivity contribution in [1.82, 2.24) is 0 Å². The summed E-state index contributed by atoms with van der Waals surface area (Å²) in [5.74, 6) is 0. The van der Waals surface area contributed by atoms with E-state index in [1.54, 1.807) is 0 Å². The molecular formula is H5AlLaMgO. The van der Waals surface area contributed by atoms with Gasteiger partial charge in [0.15, 0.2) is 17.4 Å². The molecule has 0 aromatic heterocycles. The number of rotatable bonds is 0. The van der Waals surface area contributed by atoms with Gasteiger partial charge in [0.1, 0.15) is 0 Å². The zero-order valence-electron chi connectivity index (χ0n) is 0.986. The Bertz CT molecular complexity index is 8.00. The molecule has 0 aromatic carbocycles. The molecular weight excluding hydrogens is 206 g/mol. The van der Waals surface area contributed by atoms with E-state index in [0.29, 0.717) is 0 Å². The summed E-state index contributed by atoms with van der Waals surface area (Å²) in [5.41, 5.74) is 0. The molecule has 0 aromatic rings. The van der Waals surface area contributed by atoms with Crippen molar-refractivity contribution in [2.45, 2.75) is 0 Å². The first-order chi connectivity index (χ1) is 1.00. The van der Waals surface area contributed by atoms with Gasteiger partial charge in [-0.15, -0.1) is 0 Å². The maximum atomic E-state index is 8.42. The van der Waals surface area contributed by atoms with Gasteiger partial charge in [-0.1, -0.05) is 0 Å². The fraction of sp³-hybridized carbons (Fsp3) is 0. The number of hydrogen-bond donors (Lipinski definition) is 0. The van der Waals surface area contributed by atoms with Crippen molar-refractivity contribution in [3.63, 3.8) is 0 Å². The molecule has 0 atom stereocenters. The van der Waals surface area contributed by atoms with Gasteiger partial charge in [0.25, 0.3) is 0 Å². The van der Waals surface area contributed by atoms with Gasteiger partial charge in [-0.3, -0.25) is 0 Å². The van der Waals surface area contributed by atoms with E-state index in [9.17, 15) is 0 Å². The first kappa shape index (κ1) is 16.3. The van der Waals surface area contributed by atoms with Crippen LogP contribution in [-0.4, -0.2) is 40.4 Å². The third kappa shape index (κ3) is 8.85. The van der Waals surface area contributed by atoms with Crippen LogP contribution < -0.4 is 0 Å². The van der Waals surface area contributed by atoms with E-state index >= 15 is 0 Å². The molecule has 0 radical (unpaired) electrons. The van der Waals surface area contributed by atoms with E-state index in [0.717, 1.165) is 0 Å². The molecule has 19 valence electrons. The zero-order valence-corrected chi connectivity index (χ0v) is 4.61. The van der Waals surface area contributed by atoms with Gasteiger partial charge in [-0.25, -0.2) is 0 Å². The minimum absolute atomic E-state index is 0. The fourth-order valence-corrected chi connectivity index (χ4v) is 0. The Hall–Kier alpha value is 2.29. The van der Waals surface area contributed by atoms with E-state index in [1.807, 2.05) is 0 Å². The van der Waals surface area contributed by atoms with Gasteiger partial charge in [-0.2, -0.15) is 0 Å². The van der Waals surface area contributed by atoms with Gasteiger partial charge in [0.2, 0.25) is 0 Å². The summed E-state index contributed by atoms with van der Waals surface area (Å²) in [6.07, 6.45) is 0. The first-order valence-corrected chi connectivity index (χ1v) is 1.72. The molecule has 1 nitrogen and oxygen atoms in total. The summed E-state index contributed by atoms with van der Waals surface area (Å²) in [6, 6.07) is 0. The van der Waals surface area contributed by atoms with Gasteiger partial charge in [0.05, 0.1) is 0 Å². The zero-order chi connectivity index (χ0) is 2.00. The molecule has 0 aliphatic carbocycles. The van der Waals surface area contributed by atoms with Crippen molar-refractivity contribution in [3.8, 4) is 0 Å². The molecule has 0 saturated carbocycles. The summed E-state index contributed by atoms with van der Waals surface area (Å²) >= 11 is -0.0833. The third-order valence-corrected chi connectivity index (χ3v) is 0. The van der Waals surface area contributed by atoms with Crippen LogP contribution in [-0.2, 0) is 1.70 Å². The molecule has 0 unspecified atom stereocenters. The van der Waals surface area contributed by atoms with E-state index in [2.05, 4.69) is 0 Å². The Balaban J connectivity index is -0.00000000500. The summed E-state index contributed by atoms with van der Waals surface area (Å²) in [6.45, 7) is 0. The Labute approximate surface area is 74.5 Å². The summed E-state index contributed by atoms with van der Waals surface area (Å²) in [4.78, 5) is 0. The second kappa shape index (κ2) is 18.6. The molecule has 0 amide bonds. The van der Waals surface area contributed by atoms with Crippen LogP contribution in [0, 0.1) is 33.8 Å². The molecule has 4 heteroatoms. The average molecular weight is 211 g/mol. The Morgan fingerprint density at radius 3 is 1.25 bits per heavy atom. The van der Waals surface area contributed by atoms with Crippen LogP contribution in [0.15, 0.2) is 0 Å².